The van der Waals surface area contributed by atoms with Crippen molar-refractivity contribution in [3.63, 3.8) is 0 Å². The lowest BCUT2D eigenvalue weighted by atomic mass is 9.82. The van der Waals surface area contributed by atoms with Gasteiger partial charge >= 0.3 is 5.97 Å². The molecule has 12 heteroatoms. The Labute approximate surface area is 193 Å². The second-order valence-corrected chi connectivity index (χ2v) is 9.10. The van der Waals surface area contributed by atoms with Crippen LogP contribution in [-0.4, -0.2) is 104 Å². The third-order valence-electron chi connectivity index (χ3n) is 7.01. The van der Waals surface area contributed by atoms with Crippen LogP contribution in [0.15, 0.2) is 36.6 Å². The summed E-state index contributed by atoms with van der Waals surface area (Å²) in [6.45, 7) is 1.05. The molecule has 3 fully saturated rings. The van der Waals surface area contributed by atoms with Gasteiger partial charge in [0.05, 0.1) is 24.4 Å². The van der Waals surface area contributed by atoms with Crippen LogP contribution in [0.1, 0.15) is 17.3 Å². The monoisotopic (exact) mass is 482 g/mol. The van der Waals surface area contributed by atoms with Crippen LogP contribution in [0.3, 0.4) is 0 Å². The standard InChI is InChI=1S/C22H26O12/c1-21-15-20(33-19-14(27)13(26)12(25)11(8-23)31-19)30-7-6-22(15,29)17(16(21)34-21)32-18(28)9-2-4-10(24)5-3-9/h2-7,11-17,19-20,23-27,29H,8H2,1H3/t11-,12-,13+,14-,15-,16+,17-,19+,20+,21-,22+/m1/s1. The topological polar surface area (TPSA) is 188 Å². The predicted molar refractivity (Wildman–Crippen MR) is 108 cm³/mol. The number of aromatic hydroxyl groups is 1. The molecule has 6 N–H and O–H groups in total. The second-order valence-electron chi connectivity index (χ2n) is 9.10. The number of aliphatic hydroxyl groups excluding tert-OH is 4. The van der Waals surface area contributed by atoms with Crippen molar-refractivity contribution in [1.82, 2.24) is 0 Å². The molecule has 3 heterocycles. The number of esters is 1. The lowest BCUT2D eigenvalue weighted by molar-refractivity contribution is -0.349. The van der Waals surface area contributed by atoms with Crippen LogP contribution in [0.4, 0.5) is 0 Å². The van der Waals surface area contributed by atoms with Crippen molar-refractivity contribution in [1.29, 1.82) is 0 Å². The molecule has 1 aliphatic carbocycles. The Kier molecular flexibility index (Phi) is 5.61. The van der Waals surface area contributed by atoms with Gasteiger partial charge in [-0.05, 0) is 37.3 Å². The number of benzene rings is 1. The Hall–Kier alpha value is -2.29. The minimum Gasteiger partial charge on any atom is -0.508 e. The molecule has 3 aliphatic heterocycles. The molecule has 34 heavy (non-hydrogen) atoms. The molecule has 1 aromatic carbocycles. The van der Waals surface area contributed by atoms with E-state index in [0.717, 1.165) is 0 Å². The van der Waals surface area contributed by atoms with E-state index in [2.05, 4.69) is 0 Å². The number of rotatable bonds is 5. The van der Waals surface area contributed by atoms with Gasteiger partial charge < -0.3 is 54.3 Å². The number of aliphatic hydroxyl groups is 5. The molecule has 0 spiro atoms. The zero-order valence-corrected chi connectivity index (χ0v) is 18.0. The first-order chi connectivity index (χ1) is 16.1. The highest BCUT2D eigenvalue weighted by molar-refractivity contribution is 5.89. The van der Waals surface area contributed by atoms with Crippen LogP contribution in [-0.2, 0) is 23.7 Å². The molecular weight excluding hydrogens is 456 g/mol. The summed E-state index contributed by atoms with van der Waals surface area (Å²) in [5.74, 6) is -1.68. The highest BCUT2D eigenvalue weighted by Gasteiger charge is 2.80. The number of fused-ring (bicyclic) bond motifs is 3. The van der Waals surface area contributed by atoms with Crippen molar-refractivity contribution in [3.05, 3.63) is 42.2 Å². The third kappa shape index (κ3) is 3.49. The maximum Gasteiger partial charge on any atom is 0.338 e. The Morgan fingerprint density at radius 3 is 2.47 bits per heavy atom. The number of epoxide rings is 1. The van der Waals surface area contributed by atoms with Crippen LogP contribution < -0.4 is 0 Å². The zero-order chi connectivity index (χ0) is 24.4. The maximum atomic E-state index is 12.7. The minimum atomic E-state index is -1.76. The molecule has 5 rings (SSSR count). The van der Waals surface area contributed by atoms with Gasteiger partial charge in [0.1, 0.15) is 47.5 Å². The molecule has 12 nitrogen and oxygen atoms in total. The van der Waals surface area contributed by atoms with Crippen molar-refractivity contribution in [2.24, 2.45) is 5.92 Å². The molecule has 186 valence electrons. The summed E-state index contributed by atoms with van der Waals surface area (Å²) in [5, 5.41) is 60.7. The summed E-state index contributed by atoms with van der Waals surface area (Å²) in [4.78, 5) is 12.7. The van der Waals surface area contributed by atoms with Crippen molar-refractivity contribution >= 4 is 5.97 Å². The van der Waals surface area contributed by atoms with Gasteiger partial charge in [-0.15, -0.1) is 0 Å². The summed E-state index contributed by atoms with van der Waals surface area (Å²) in [5.41, 5.74) is -2.61. The quantitative estimate of drug-likeness (QED) is 0.203. The maximum absolute atomic E-state index is 12.7. The van der Waals surface area contributed by atoms with Gasteiger partial charge in [0.15, 0.2) is 12.4 Å². The number of carbonyl (C=O) groups is 1. The Balaban J connectivity index is 1.36. The van der Waals surface area contributed by atoms with E-state index in [1.54, 1.807) is 6.92 Å². The minimum absolute atomic E-state index is 0.0187. The van der Waals surface area contributed by atoms with Crippen LogP contribution in [0.25, 0.3) is 0 Å². The summed E-state index contributed by atoms with van der Waals surface area (Å²) in [7, 11) is 0. The predicted octanol–water partition coefficient (Wildman–Crippen LogP) is -1.88. The zero-order valence-electron chi connectivity index (χ0n) is 18.0. The summed E-state index contributed by atoms with van der Waals surface area (Å²) in [6.07, 6.45) is -8.15. The van der Waals surface area contributed by atoms with E-state index in [4.69, 9.17) is 23.7 Å². The van der Waals surface area contributed by atoms with E-state index < -0.39 is 78.9 Å². The van der Waals surface area contributed by atoms with Crippen LogP contribution >= 0.6 is 0 Å². The average molecular weight is 482 g/mol. The van der Waals surface area contributed by atoms with Gasteiger partial charge in [0, 0.05) is 0 Å². The van der Waals surface area contributed by atoms with Gasteiger partial charge in [-0.2, -0.15) is 0 Å². The number of hydrogen-bond donors (Lipinski definition) is 6. The number of carbonyl (C=O) groups excluding carboxylic acids is 1. The lowest BCUT2D eigenvalue weighted by Crippen LogP contribution is -2.62. The Morgan fingerprint density at radius 1 is 1.09 bits per heavy atom. The second kappa shape index (κ2) is 8.14. The first-order valence-electron chi connectivity index (χ1n) is 10.8. The molecule has 0 unspecified atom stereocenters. The van der Waals surface area contributed by atoms with Crippen LogP contribution in [0.2, 0.25) is 0 Å². The van der Waals surface area contributed by atoms with E-state index in [1.165, 1.54) is 36.6 Å². The number of phenols is 1. The molecule has 11 atom stereocenters. The molecule has 1 aromatic rings. The van der Waals surface area contributed by atoms with Gasteiger partial charge in [-0.1, -0.05) is 0 Å². The largest absolute Gasteiger partial charge is 0.508 e. The molecule has 0 radical (unpaired) electrons. The van der Waals surface area contributed by atoms with E-state index in [0.29, 0.717) is 0 Å². The normalized spacial score (nSPS) is 46.8. The molecule has 0 bridgehead atoms. The van der Waals surface area contributed by atoms with Gasteiger partial charge in [-0.25, -0.2) is 4.79 Å². The van der Waals surface area contributed by atoms with E-state index in [9.17, 15) is 35.4 Å². The molecule has 0 amide bonds. The van der Waals surface area contributed by atoms with E-state index >= 15 is 0 Å². The van der Waals surface area contributed by atoms with Crippen molar-refractivity contribution < 1.29 is 59.1 Å². The number of hydrogen-bond acceptors (Lipinski definition) is 12. The van der Waals surface area contributed by atoms with Crippen LogP contribution in [0, 0.1) is 5.92 Å². The molecule has 0 aromatic heterocycles. The fourth-order valence-corrected chi connectivity index (χ4v) is 5.08. The Morgan fingerprint density at radius 2 is 1.79 bits per heavy atom. The van der Waals surface area contributed by atoms with Gasteiger partial charge in [-0.3, -0.25) is 0 Å². The van der Waals surface area contributed by atoms with Crippen LogP contribution in [0.5, 0.6) is 5.75 Å². The summed E-state index contributed by atoms with van der Waals surface area (Å²) < 4.78 is 28.1. The fourth-order valence-electron chi connectivity index (χ4n) is 5.08. The fraction of sp³-hybridized carbons (Fsp3) is 0.591. The van der Waals surface area contributed by atoms with Gasteiger partial charge in [0.2, 0.25) is 6.29 Å². The lowest BCUT2D eigenvalue weighted by Gasteiger charge is -2.45. The number of ether oxygens (including phenoxy) is 5. The SMILES string of the molecule is C[C@]12O[C@H]1[C@@H](OC(=O)c1ccc(O)cc1)[C@]1(O)C=CO[C@@H](O[C@@H]3O[C@H](CO)[C@@H](O)[C@H](O)[C@H]3O)[C@@H]12. The van der Waals surface area contributed by atoms with Crippen molar-refractivity contribution in [2.45, 2.75) is 67.3 Å². The first kappa shape index (κ1) is 23.5. The highest BCUT2D eigenvalue weighted by atomic mass is 16.8. The first-order valence-corrected chi connectivity index (χ1v) is 10.8. The summed E-state index contributed by atoms with van der Waals surface area (Å²) >= 11 is 0. The van der Waals surface area contributed by atoms with Crippen molar-refractivity contribution in [3.8, 4) is 5.75 Å². The summed E-state index contributed by atoms with van der Waals surface area (Å²) in [6, 6.07) is 5.43. The molecule has 1 saturated carbocycles. The molecular formula is C22H26O12. The Bertz CT molecular complexity index is 965. The third-order valence-corrected chi connectivity index (χ3v) is 7.01. The smallest absolute Gasteiger partial charge is 0.338 e. The average Bonchev–Trinajstić information content (AvgIpc) is 3.44. The molecule has 4 aliphatic rings. The van der Waals surface area contributed by atoms with E-state index in [-0.39, 0.29) is 11.3 Å². The molecule has 2 saturated heterocycles. The highest BCUT2D eigenvalue weighted by Crippen LogP contribution is 2.62. The van der Waals surface area contributed by atoms with Crippen molar-refractivity contribution in [2.75, 3.05) is 6.61 Å². The number of phenolic OH excluding ortho intramolecular Hbond substituents is 1. The van der Waals surface area contributed by atoms with E-state index in [1.807, 2.05) is 0 Å². The van der Waals surface area contributed by atoms with Gasteiger partial charge in [0.25, 0.3) is 0 Å².